The number of halogens is 1. The Balaban J connectivity index is 0.00000196. The number of nitrogens with one attached hydrogen (secondary N) is 1. The number of esters is 1. The fourth-order valence-electron chi connectivity index (χ4n) is 2.97. The Labute approximate surface area is 156 Å². The highest BCUT2D eigenvalue weighted by Crippen LogP contribution is 2.20. The third-order valence-electron chi connectivity index (χ3n) is 4.39. The first-order valence-electron chi connectivity index (χ1n) is 8.09. The van der Waals surface area contributed by atoms with Gasteiger partial charge in [0.2, 0.25) is 5.95 Å². The number of carbonyl (C=O) groups is 1. The van der Waals surface area contributed by atoms with Crippen LogP contribution in [-0.4, -0.2) is 59.4 Å². The molecule has 1 aromatic carbocycles. The van der Waals surface area contributed by atoms with E-state index in [1.165, 1.54) is 7.11 Å². The van der Waals surface area contributed by atoms with Gasteiger partial charge in [0.25, 0.3) is 0 Å². The molecule has 1 aliphatic rings. The summed E-state index contributed by atoms with van der Waals surface area (Å²) in [5.41, 5.74) is 2.41. The van der Waals surface area contributed by atoms with E-state index in [0.717, 1.165) is 48.8 Å². The number of H-pyrrole nitrogens is 1. The van der Waals surface area contributed by atoms with Gasteiger partial charge in [-0.1, -0.05) is 0 Å². The lowest BCUT2D eigenvalue weighted by atomic mass is 10.2. The summed E-state index contributed by atoms with van der Waals surface area (Å²) < 4.78 is 4.73. The third kappa shape index (κ3) is 3.41. The summed E-state index contributed by atoms with van der Waals surface area (Å²) in [6.45, 7) is 3.39. The van der Waals surface area contributed by atoms with Crippen molar-refractivity contribution < 1.29 is 9.53 Å². The number of aromatic amines is 1. The van der Waals surface area contributed by atoms with Crippen LogP contribution in [0.3, 0.4) is 0 Å². The number of fused-ring (bicyclic) bond motifs is 1. The summed E-state index contributed by atoms with van der Waals surface area (Å²) in [6, 6.07) is 7.50. The molecule has 3 heterocycles. The van der Waals surface area contributed by atoms with Crippen molar-refractivity contribution in [3.63, 3.8) is 0 Å². The number of carbonyl (C=O) groups excluding carboxylic acids is 1. The molecule has 0 amide bonds. The first-order valence-corrected chi connectivity index (χ1v) is 8.09. The number of nitrogens with zero attached hydrogens (tertiary/aromatic N) is 5. The van der Waals surface area contributed by atoms with Crippen LogP contribution in [0.4, 0.5) is 11.6 Å². The fraction of sp³-hybridized carbons (Fsp3) is 0.294. The lowest BCUT2D eigenvalue weighted by Crippen LogP contribution is -2.47. The summed E-state index contributed by atoms with van der Waals surface area (Å²) in [5.74, 6) is 0.403. The van der Waals surface area contributed by atoms with Crippen LogP contribution < -0.4 is 9.80 Å². The summed E-state index contributed by atoms with van der Waals surface area (Å²) in [6.07, 6.45) is 3.51. The van der Waals surface area contributed by atoms with Crippen LogP contribution in [0.1, 0.15) is 10.4 Å². The molecule has 9 heteroatoms. The van der Waals surface area contributed by atoms with Crippen molar-refractivity contribution in [1.29, 1.82) is 0 Å². The number of rotatable bonds is 3. The van der Waals surface area contributed by atoms with Crippen molar-refractivity contribution in [3.05, 3.63) is 42.2 Å². The normalized spacial score (nSPS) is 14.2. The van der Waals surface area contributed by atoms with Crippen molar-refractivity contribution in [2.75, 3.05) is 43.1 Å². The SMILES string of the molecule is COC(=O)c1ccc(N2CCN(c3ncc4cn[nH]c4n3)CC2)cc1.Cl. The van der Waals surface area contributed by atoms with Gasteiger partial charge in [-0.2, -0.15) is 10.1 Å². The molecule has 0 saturated carbocycles. The van der Waals surface area contributed by atoms with Crippen LogP contribution in [0.15, 0.2) is 36.7 Å². The average Bonchev–Trinajstić information content (AvgIpc) is 3.15. The summed E-state index contributed by atoms with van der Waals surface area (Å²) >= 11 is 0. The zero-order valence-corrected chi connectivity index (χ0v) is 15.1. The fourth-order valence-corrected chi connectivity index (χ4v) is 2.97. The van der Waals surface area contributed by atoms with E-state index in [9.17, 15) is 4.79 Å². The molecule has 3 aromatic rings. The van der Waals surface area contributed by atoms with Crippen molar-refractivity contribution >= 4 is 41.0 Å². The number of ether oxygens (including phenoxy) is 1. The standard InChI is InChI=1S/C17H18N6O2.ClH/c1-25-16(24)12-2-4-14(5-3-12)22-6-8-23(9-7-22)17-18-10-13-11-19-21-15(13)20-17;/h2-5,10-11H,6-9H2,1H3,(H,18,19,20,21);1H. The number of hydrogen-bond donors (Lipinski definition) is 1. The smallest absolute Gasteiger partial charge is 0.337 e. The predicted octanol–water partition coefficient (Wildman–Crippen LogP) is 1.89. The molecule has 1 saturated heterocycles. The first-order chi connectivity index (χ1) is 12.2. The van der Waals surface area contributed by atoms with Crippen molar-refractivity contribution in [1.82, 2.24) is 20.2 Å². The zero-order valence-electron chi connectivity index (χ0n) is 14.3. The van der Waals surface area contributed by atoms with E-state index in [2.05, 4.69) is 30.0 Å². The zero-order chi connectivity index (χ0) is 17.2. The highest BCUT2D eigenvalue weighted by Gasteiger charge is 2.20. The quantitative estimate of drug-likeness (QED) is 0.700. The third-order valence-corrected chi connectivity index (χ3v) is 4.39. The van der Waals surface area contributed by atoms with Crippen LogP contribution in [0.2, 0.25) is 0 Å². The molecule has 0 spiro atoms. The molecule has 0 aliphatic carbocycles. The Morgan fingerprint density at radius 1 is 1.08 bits per heavy atom. The second-order valence-corrected chi connectivity index (χ2v) is 5.86. The Bertz CT molecular complexity index is 890. The molecule has 8 nitrogen and oxygen atoms in total. The van der Waals surface area contributed by atoms with E-state index in [-0.39, 0.29) is 18.4 Å². The van der Waals surface area contributed by atoms with Gasteiger partial charge in [0.1, 0.15) is 0 Å². The number of benzene rings is 1. The van der Waals surface area contributed by atoms with Gasteiger partial charge in [-0.15, -0.1) is 12.4 Å². The summed E-state index contributed by atoms with van der Waals surface area (Å²) in [4.78, 5) is 24.9. The molecule has 0 bridgehead atoms. The number of aromatic nitrogens is 4. The molecule has 136 valence electrons. The number of piperazine rings is 1. The average molecular weight is 375 g/mol. The van der Waals surface area contributed by atoms with E-state index in [0.29, 0.717) is 5.56 Å². The topological polar surface area (TPSA) is 87.2 Å². The molecule has 0 unspecified atom stereocenters. The molecule has 1 fully saturated rings. The Morgan fingerprint density at radius 2 is 1.77 bits per heavy atom. The second kappa shape index (κ2) is 7.57. The van der Waals surface area contributed by atoms with E-state index >= 15 is 0 Å². The van der Waals surface area contributed by atoms with Crippen LogP contribution in [-0.2, 0) is 4.74 Å². The Hall–Kier alpha value is -2.87. The minimum atomic E-state index is -0.317. The van der Waals surface area contributed by atoms with Gasteiger partial charge in [-0.25, -0.2) is 9.78 Å². The number of methoxy groups -OCH3 is 1. The van der Waals surface area contributed by atoms with Gasteiger partial charge in [0.05, 0.1) is 24.3 Å². The number of hydrogen-bond acceptors (Lipinski definition) is 7. The largest absolute Gasteiger partial charge is 0.465 e. The molecule has 1 N–H and O–H groups in total. The number of anilines is 2. The molecular formula is C17H19ClN6O2. The van der Waals surface area contributed by atoms with E-state index in [1.54, 1.807) is 24.5 Å². The van der Waals surface area contributed by atoms with E-state index in [4.69, 9.17) is 4.74 Å². The maximum atomic E-state index is 11.5. The maximum Gasteiger partial charge on any atom is 0.337 e. The Kier molecular flexibility index (Phi) is 5.22. The Morgan fingerprint density at radius 3 is 2.46 bits per heavy atom. The van der Waals surface area contributed by atoms with Crippen LogP contribution in [0, 0.1) is 0 Å². The van der Waals surface area contributed by atoms with Crippen LogP contribution in [0.5, 0.6) is 0 Å². The van der Waals surface area contributed by atoms with E-state index < -0.39 is 0 Å². The van der Waals surface area contributed by atoms with Crippen molar-refractivity contribution in [2.24, 2.45) is 0 Å². The molecular weight excluding hydrogens is 356 g/mol. The summed E-state index contributed by atoms with van der Waals surface area (Å²) in [7, 11) is 1.39. The van der Waals surface area contributed by atoms with E-state index in [1.807, 2.05) is 12.1 Å². The predicted molar refractivity (Wildman–Crippen MR) is 101 cm³/mol. The van der Waals surface area contributed by atoms with Gasteiger partial charge < -0.3 is 14.5 Å². The molecule has 0 atom stereocenters. The highest BCUT2D eigenvalue weighted by atomic mass is 35.5. The van der Waals surface area contributed by atoms with Crippen LogP contribution >= 0.6 is 12.4 Å². The van der Waals surface area contributed by atoms with Crippen molar-refractivity contribution in [2.45, 2.75) is 0 Å². The maximum absolute atomic E-state index is 11.5. The second-order valence-electron chi connectivity index (χ2n) is 5.86. The minimum absolute atomic E-state index is 0. The van der Waals surface area contributed by atoms with Crippen molar-refractivity contribution in [3.8, 4) is 0 Å². The highest BCUT2D eigenvalue weighted by molar-refractivity contribution is 5.89. The minimum Gasteiger partial charge on any atom is -0.465 e. The molecule has 0 radical (unpaired) electrons. The van der Waals surface area contributed by atoms with Gasteiger partial charge in [-0.05, 0) is 24.3 Å². The molecule has 1 aliphatic heterocycles. The molecule has 26 heavy (non-hydrogen) atoms. The van der Waals surface area contributed by atoms with Gasteiger partial charge >= 0.3 is 5.97 Å². The molecule has 2 aromatic heterocycles. The van der Waals surface area contributed by atoms with Gasteiger partial charge in [0, 0.05) is 38.1 Å². The van der Waals surface area contributed by atoms with Gasteiger partial charge in [0.15, 0.2) is 5.65 Å². The lowest BCUT2D eigenvalue weighted by molar-refractivity contribution is 0.0601. The van der Waals surface area contributed by atoms with Crippen LogP contribution in [0.25, 0.3) is 11.0 Å². The first kappa shape index (κ1) is 17.9. The summed E-state index contributed by atoms with van der Waals surface area (Å²) in [5, 5.41) is 7.76. The monoisotopic (exact) mass is 374 g/mol. The molecule has 4 rings (SSSR count). The van der Waals surface area contributed by atoms with Gasteiger partial charge in [-0.3, -0.25) is 5.10 Å². The lowest BCUT2D eigenvalue weighted by Gasteiger charge is -2.36.